The molecule has 17 heavy (non-hydrogen) atoms. The summed E-state index contributed by atoms with van der Waals surface area (Å²) in [6.07, 6.45) is 1.29. The van der Waals surface area contributed by atoms with Crippen LogP contribution in [0.15, 0.2) is 0 Å². The molecular formula is C12H27NO4. The molecule has 0 unspecified atom stereocenters. The average molecular weight is 249 g/mol. The number of aliphatic hydroxyl groups excluding tert-OH is 1. The van der Waals surface area contributed by atoms with Crippen LogP contribution < -0.4 is 0 Å². The van der Waals surface area contributed by atoms with Crippen LogP contribution >= 0.6 is 0 Å². The summed E-state index contributed by atoms with van der Waals surface area (Å²) in [4.78, 5) is 11.7. The molecule has 0 rings (SSSR count). The van der Waals surface area contributed by atoms with Crippen molar-refractivity contribution in [3.05, 3.63) is 0 Å². The van der Waals surface area contributed by atoms with Gasteiger partial charge in [0, 0.05) is 0 Å². The van der Waals surface area contributed by atoms with Gasteiger partial charge in [-0.2, -0.15) is 0 Å². The molecule has 0 aromatic rings. The van der Waals surface area contributed by atoms with Crippen LogP contribution in [0, 0.1) is 0 Å². The molecule has 0 spiro atoms. The van der Waals surface area contributed by atoms with E-state index in [0.717, 1.165) is 19.4 Å². The highest BCUT2D eigenvalue weighted by Gasteiger charge is 2.07. The lowest BCUT2D eigenvalue weighted by atomic mass is 10.2. The van der Waals surface area contributed by atoms with Gasteiger partial charge in [-0.25, -0.2) is 0 Å². The predicted octanol–water partition coefficient (Wildman–Crippen LogP) is 0.987. The van der Waals surface area contributed by atoms with Crippen LogP contribution in [0.5, 0.6) is 0 Å². The Balaban J connectivity index is 0. The molecule has 0 aliphatic rings. The Kier molecular flexibility index (Phi) is 11.6. The second-order valence-corrected chi connectivity index (χ2v) is 5.11. The molecule has 0 saturated heterocycles. The summed E-state index contributed by atoms with van der Waals surface area (Å²) in [7, 11) is 4.02. The Labute approximate surface area is 104 Å². The van der Waals surface area contributed by atoms with Gasteiger partial charge in [-0.3, -0.25) is 4.79 Å². The highest BCUT2D eigenvalue weighted by atomic mass is 16.5. The minimum Gasteiger partial charge on any atom is -0.462 e. The molecule has 0 atom stereocenters. The van der Waals surface area contributed by atoms with E-state index >= 15 is 0 Å². The number of aliphatic hydroxyl groups is 2. The first-order valence-corrected chi connectivity index (χ1v) is 5.81. The molecule has 0 heterocycles. The number of hydrogen-bond donors (Lipinski definition) is 2. The van der Waals surface area contributed by atoms with E-state index < -0.39 is 6.29 Å². The monoisotopic (exact) mass is 249 g/mol. The summed E-state index contributed by atoms with van der Waals surface area (Å²) in [5, 5.41) is 16.9. The third-order valence-corrected chi connectivity index (χ3v) is 1.72. The van der Waals surface area contributed by atoms with Crippen molar-refractivity contribution in [2.45, 2.75) is 51.9 Å². The summed E-state index contributed by atoms with van der Waals surface area (Å²) in [5.41, 5.74) is -0.318. The van der Waals surface area contributed by atoms with Crippen LogP contribution in [0.2, 0.25) is 0 Å². The van der Waals surface area contributed by atoms with E-state index in [2.05, 4.69) is 9.64 Å². The zero-order valence-corrected chi connectivity index (χ0v) is 11.6. The van der Waals surface area contributed by atoms with Crippen LogP contribution in [-0.4, -0.2) is 54.1 Å². The first kappa shape index (κ1) is 18.7. The lowest BCUT2D eigenvalue weighted by Crippen LogP contribution is -2.17. The van der Waals surface area contributed by atoms with Crippen molar-refractivity contribution in [1.29, 1.82) is 0 Å². The van der Waals surface area contributed by atoms with Crippen LogP contribution in [-0.2, 0) is 9.53 Å². The Bertz CT molecular complexity index is 166. The highest BCUT2D eigenvalue weighted by molar-refractivity contribution is 5.37. The third kappa shape index (κ3) is 25.5. The fourth-order valence-corrected chi connectivity index (χ4v) is 0.899. The number of nitrogens with zero attached hydrogens (tertiary/aromatic N) is 1. The van der Waals surface area contributed by atoms with Crippen molar-refractivity contribution in [3.63, 3.8) is 0 Å². The molecule has 5 nitrogen and oxygen atoms in total. The molecule has 104 valence electrons. The normalized spacial score (nSPS) is 11.1. The minimum atomic E-state index is -1.12. The van der Waals surface area contributed by atoms with Crippen molar-refractivity contribution in [2.24, 2.45) is 0 Å². The Morgan fingerprint density at radius 3 is 2.00 bits per heavy atom. The molecule has 0 bridgehead atoms. The number of carbonyl (C=O) groups excluding carboxylic acids is 1. The molecular weight excluding hydrogens is 222 g/mol. The van der Waals surface area contributed by atoms with Gasteiger partial charge in [0.25, 0.3) is 6.47 Å². The van der Waals surface area contributed by atoms with Crippen LogP contribution in [0.1, 0.15) is 40.0 Å². The van der Waals surface area contributed by atoms with Crippen molar-refractivity contribution in [3.8, 4) is 0 Å². The largest absolute Gasteiger partial charge is 0.462 e. The van der Waals surface area contributed by atoms with Gasteiger partial charge in [-0.05, 0) is 60.7 Å². The fourth-order valence-electron chi connectivity index (χ4n) is 0.899. The molecule has 0 amide bonds. The van der Waals surface area contributed by atoms with Gasteiger partial charge in [0.05, 0.1) is 0 Å². The average Bonchev–Trinajstić information content (AvgIpc) is 2.11. The summed E-state index contributed by atoms with van der Waals surface area (Å²) in [5.74, 6) is 0. The maximum atomic E-state index is 9.60. The van der Waals surface area contributed by atoms with Gasteiger partial charge in [-0.1, -0.05) is 0 Å². The molecule has 0 aliphatic carbocycles. The number of carbonyl (C=O) groups is 1. The first-order valence-electron chi connectivity index (χ1n) is 5.81. The number of unbranched alkanes of at least 4 members (excludes halogenated alkanes) is 1. The molecule has 0 aromatic carbocycles. The standard InChI is InChI=1S/C7H17NO2.C5H10O2/c1-8(2)6-4-3-5-7(9)10;1-5(2,3)7-4-6/h7,9-10H,3-6H2,1-2H3;4H,1-3H3. The second-order valence-electron chi connectivity index (χ2n) is 5.11. The smallest absolute Gasteiger partial charge is 0.293 e. The van der Waals surface area contributed by atoms with E-state index in [-0.39, 0.29) is 5.60 Å². The van der Waals surface area contributed by atoms with Crippen LogP contribution in [0.25, 0.3) is 0 Å². The van der Waals surface area contributed by atoms with Gasteiger partial charge in [0.15, 0.2) is 6.29 Å². The lowest BCUT2D eigenvalue weighted by molar-refractivity contribution is -0.138. The van der Waals surface area contributed by atoms with Crippen LogP contribution in [0.3, 0.4) is 0 Å². The predicted molar refractivity (Wildman–Crippen MR) is 67.5 cm³/mol. The zero-order valence-electron chi connectivity index (χ0n) is 11.6. The number of ether oxygens (including phenoxy) is 1. The topological polar surface area (TPSA) is 70.0 Å². The van der Waals surface area contributed by atoms with Crippen LogP contribution in [0.4, 0.5) is 0 Å². The quantitative estimate of drug-likeness (QED) is 0.417. The van der Waals surface area contributed by atoms with E-state index in [1.165, 1.54) is 0 Å². The summed E-state index contributed by atoms with van der Waals surface area (Å²) < 4.78 is 4.55. The first-order chi connectivity index (χ1) is 7.69. The molecule has 0 aliphatic heterocycles. The second kappa shape index (κ2) is 10.5. The van der Waals surface area contributed by atoms with Gasteiger partial charge in [0.2, 0.25) is 0 Å². The maximum absolute atomic E-state index is 9.60. The van der Waals surface area contributed by atoms with Crippen molar-refractivity contribution >= 4 is 6.47 Å². The van der Waals surface area contributed by atoms with Crippen molar-refractivity contribution in [2.75, 3.05) is 20.6 Å². The number of rotatable bonds is 6. The van der Waals surface area contributed by atoms with Gasteiger partial charge in [-0.15, -0.1) is 0 Å². The molecule has 2 N–H and O–H groups in total. The summed E-state index contributed by atoms with van der Waals surface area (Å²) in [6.45, 7) is 6.94. The maximum Gasteiger partial charge on any atom is 0.293 e. The fraction of sp³-hybridized carbons (Fsp3) is 0.917. The Morgan fingerprint density at radius 2 is 1.76 bits per heavy atom. The summed E-state index contributed by atoms with van der Waals surface area (Å²) >= 11 is 0. The van der Waals surface area contributed by atoms with Gasteiger partial charge in [0.1, 0.15) is 5.60 Å². The van der Waals surface area contributed by atoms with E-state index in [9.17, 15) is 4.79 Å². The van der Waals surface area contributed by atoms with Crippen molar-refractivity contribution < 1.29 is 19.7 Å². The SMILES string of the molecule is CC(C)(C)OC=O.CN(C)CCCCC(O)O. The molecule has 0 aromatic heterocycles. The summed E-state index contributed by atoms with van der Waals surface area (Å²) in [6, 6.07) is 0. The molecule has 0 saturated carbocycles. The third-order valence-electron chi connectivity index (χ3n) is 1.72. The van der Waals surface area contributed by atoms with E-state index in [1.807, 2.05) is 34.9 Å². The zero-order chi connectivity index (χ0) is 13.9. The van der Waals surface area contributed by atoms with E-state index in [1.54, 1.807) is 0 Å². The molecule has 5 heteroatoms. The Hall–Kier alpha value is -0.650. The Morgan fingerprint density at radius 1 is 1.24 bits per heavy atom. The van der Waals surface area contributed by atoms with Gasteiger partial charge >= 0.3 is 0 Å². The minimum absolute atomic E-state index is 0.318. The molecule has 0 fully saturated rings. The van der Waals surface area contributed by atoms with E-state index in [0.29, 0.717) is 12.9 Å². The van der Waals surface area contributed by atoms with E-state index in [4.69, 9.17) is 10.2 Å². The highest BCUT2D eigenvalue weighted by Crippen LogP contribution is 2.02. The molecule has 0 radical (unpaired) electrons. The lowest BCUT2D eigenvalue weighted by Gasteiger charge is -2.14. The van der Waals surface area contributed by atoms with Crippen molar-refractivity contribution in [1.82, 2.24) is 4.90 Å². The van der Waals surface area contributed by atoms with Gasteiger partial charge < -0.3 is 19.8 Å². The number of hydrogen-bond acceptors (Lipinski definition) is 5.